The van der Waals surface area contributed by atoms with E-state index in [2.05, 4.69) is 24.4 Å². The molecule has 0 aliphatic carbocycles. The number of unbranched alkanes of at least 4 members (excludes halogenated alkanes) is 2. The Kier molecular flexibility index (Phi) is 10.3. The fourth-order valence-electron chi connectivity index (χ4n) is 2.47. The zero-order chi connectivity index (χ0) is 15.4. The van der Waals surface area contributed by atoms with E-state index in [-0.39, 0.29) is 12.3 Å². The van der Waals surface area contributed by atoms with Gasteiger partial charge in [0.25, 0.3) is 0 Å². The molecule has 0 aromatic rings. The van der Waals surface area contributed by atoms with Crippen molar-refractivity contribution in [2.45, 2.75) is 71.3 Å². The SMILES string of the molecule is CCCCCC(CC)CC(O)(CC)/C(CO)=N/NC=O. The minimum Gasteiger partial charge on any atom is -0.390 e. The van der Waals surface area contributed by atoms with E-state index in [0.717, 1.165) is 19.3 Å². The molecule has 0 fully saturated rings. The molecule has 118 valence electrons. The number of carbonyl (C=O) groups excluding carboxylic acids is 1. The first-order chi connectivity index (χ1) is 9.57. The number of hydrogen-bond donors (Lipinski definition) is 3. The number of amides is 1. The molecule has 0 aliphatic heterocycles. The first kappa shape index (κ1) is 19.1. The second-order valence-electron chi connectivity index (χ2n) is 5.32. The third kappa shape index (κ3) is 6.48. The lowest BCUT2D eigenvalue weighted by Crippen LogP contribution is -2.43. The van der Waals surface area contributed by atoms with Crippen LogP contribution in [0, 0.1) is 5.92 Å². The summed E-state index contributed by atoms with van der Waals surface area (Å²) in [5.41, 5.74) is 1.27. The van der Waals surface area contributed by atoms with Crippen molar-refractivity contribution in [1.29, 1.82) is 0 Å². The van der Waals surface area contributed by atoms with Gasteiger partial charge in [-0.15, -0.1) is 0 Å². The predicted octanol–water partition coefficient (Wildman–Crippen LogP) is 2.22. The van der Waals surface area contributed by atoms with Gasteiger partial charge in [-0.1, -0.05) is 52.9 Å². The molecular weight excluding hydrogens is 256 g/mol. The highest BCUT2D eigenvalue weighted by Gasteiger charge is 2.33. The fourth-order valence-corrected chi connectivity index (χ4v) is 2.47. The molecule has 0 bridgehead atoms. The first-order valence-electron chi connectivity index (χ1n) is 7.67. The molecule has 2 unspecified atom stereocenters. The van der Waals surface area contributed by atoms with Crippen molar-refractivity contribution in [1.82, 2.24) is 5.43 Å². The summed E-state index contributed by atoms with van der Waals surface area (Å²) in [5.74, 6) is 0.402. The van der Waals surface area contributed by atoms with E-state index in [0.29, 0.717) is 25.2 Å². The Morgan fingerprint density at radius 3 is 2.50 bits per heavy atom. The van der Waals surface area contributed by atoms with Gasteiger partial charge in [0.1, 0.15) is 5.60 Å². The summed E-state index contributed by atoms with van der Waals surface area (Å²) in [6.45, 7) is 5.80. The van der Waals surface area contributed by atoms with Crippen molar-refractivity contribution >= 4 is 12.1 Å². The van der Waals surface area contributed by atoms with Gasteiger partial charge in [-0.25, -0.2) is 5.43 Å². The Balaban J connectivity index is 4.77. The molecule has 5 heteroatoms. The highest BCUT2D eigenvalue weighted by atomic mass is 16.3. The molecule has 3 N–H and O–H groups in total. The van der Waals surface area contributed by atoms with Gasteiger partial charge in [0.15, 0.2) is 0 Å². The lowest BCUT2D eigenvalue weighted by Gasteiger charge is -2.31. The summed E-state index contributed by atoms with van der Waals surface area (Å²) >= 11 is 0. The summed E-state index contributed by atoms with van der Waals surface area (Å²) < 4.78 is 0. The number of nitrogens with one attached hydrogen (secondary N) is 1. The summed E-state index contributed by atoms with van der Waals surface area (Å²) in [6, 6.07) is 0. The Labute approximate surface area is 122 Å². The maximum absolute atomic E-state index is 10.7. The smallest absolute Gasteiger partial charge is 0.227 e. The van der Waals surface area contributed by atoms with E-state index < -0.39 is 5.60 Å². The number of aliphatic hydroxyl groups is 2. The number of aliphatic hydroxyl groups excluding tert-OH is 1. The van der Waals surface area contributed by atoms with Crippen LogP contribution in [0.4, 0.5) is 0 Å². The van der Waals surface area contributed by atoms with Gasteiger partial charge in [-0.2, -0.15) is 5.10 Å². The Bertz CT molecular complexity index is 295. The van der Waals surface area contributed by atoms with Crippen LogP contribution in [-0.4, -0.2) is 34.5 Å². The second kappa shape index (κ2) is 10.8. The Hall–Kier alpha value is -0.940. The summed E-state index contributed by atoms with van der Waals surface area (Å²) in [6.07, 6.45) is 7.09. The van der Waals surface area contributed by atoms with Gasteiger partial charge in [0.2, 0.25) is 6.41 Å². The van der Waals surface area contributed by atoms with Crippen molar-refractivity contribution in [2.24, 2.45) is 11.0 Å². The van der Waals surface area contributed by atoms with Crippen LogP contribution in [0.25, 0.3) is 0 Å². The molecule has 0 spiro atoms. The maximum Gasteiger partial charge on any atom is 0.227 e. The normalized spacial score (nSPS) is 16.6. The Morgan fingerprint density at radius 2 is 2.05 bits per heavy atom. The van der Waals surface area contributed by atoms with Crippen LogP contribution < -0.4 is 5.43 Å². The van der Waals surface area contributed by atoms with Crippen molar-refractivity contribution in [2.75, 3.05) is 6.61 Å². The van der Waals surface area contributed by atoms with Gasteiger partial charge >= 0.3 is 0 Å². The summed E-state index contributed by atoms with van der Waals surface area (Å²) in [7, 11) is 0. The van der Waals surface area contributed by atoms with Gasteiger partial charge in [-0.05, 0) is 18.8 Å². The van der Waals surface area contributed by atoms with E-state index >= 15 is 0 Å². The van der Waals surface area contributed by atoms with Crippen molar-refractivity contribution in [3.8, 4) is 0 Å². The van der Waals surface area contributed by atoms with E-state index in [1.165, 1.54) is 12.8 Å². The predicted molar refractivity (Wildman–Crippen MR) is 81.5 cm³/mol. The average molecular weight is 286 g/mol. The van der Waals surface area contributed by atoms with E-state index in [9.17, 15) is 15.0 Å². The molecule has 20 heavy (non-hydrogen) atoms. The third-order valence-electron chi connectivity index (χ3n) is 3.94. The van der Waals surface area contributed by atoms with Crippen molar-refractivity contribution < 1.29 is 15.0 Å². The van der Waals surface area contributed by atoms with Crippen LogP contribution in [-0.2, 0) is 4.79 Å². The number of hydrogen-bond acceptors (Lipinski definition) is 4. The standard InChI is InChI=1S/C15H30N2O3/c1-4-7-8-9-13(5-2)10-15(20,6-3)14(11-18)17-16-12-19/h12-13,18,20H,4-11H2,1-3H3,(H,16,19)/b17-14+. The van der Waals surface area contributed by atoms with Gasteiger partial charge < -0.3 is 10.2 Å². The van der Waals surface area contributed by atoms with Crippen LogP contribution in [0.1, 0.15) is 65.7 Å². The molecule has 0 aromatic heterocycles. The molecule has 0 rings (SSSR count). The molecule has 1 amide bonds. The molecule has 0 saturated heterocycles. The molecule has 0 aromatic carbocycles. The lowest BCUT2D eigenvalue weighted by atomic mass is 9.81. The molecule has 2 atom stereocenters. The van der Waals surface area contributed by atoms with E-state index in [1.807, 2.05) is 6.92 Å². The second-order valence-corrected chi connectivity index (χ2v) is 5.32. The van der Waals surface area contributed by atoms with E-state index in [1.54, 1.807) is 0 Å². The fraction of sp³-hybridized carbons (Fsp3) is 0.867. The molecule has 0 heterocycles. The number of rotatable bonds is 12. The zero-order valence-corrected chi connectivity index (χ0v) is 13.1. The lowest BCUT2D eigenvalue weighted by molar-refractivity contribution is -0.109. The summed E-state index contributed by atoms with van der Waals surface area (Å²) in [5, 5.41) is 23.9. The average Bonchev–Trinajstić information content (AvgIpc) is 2.47. The molecular formula is C15H30N2O3. The molecule has 0 saturated carbocycles. The minimum absolute atomic E-state index is 0.237. The highest BCUT2D eigenvalue weighted by Crippen LogP contribution is 2.28. The number of hydrazone groups is 1. The van der Waals surface area contributed by atoms with Gasteiger partial charge in [-0.3, -0.25) is 4.79 Å². The van der Waals surface area contributed by atoms with Crippen LogP contribution in [0.15, 0.2) is 5.10 Å². The van der Waals surface area contributed by atoms with Gasteiger partial charge in [0.05, 0.1) is 12.3 Å². The Morgan fingerprint density at radius 1 is 1.35 bits per heavy atom. The number of nitrogens with zero attached hydrogens (tertiary/aromatic N) is 1. The summed E-state index contributed by atoms with van der Waals surface area (Å²) in [4.78, 5) is 10.3. The van der Waals surface area contributed by atoms with E-state index in [4.69, 9.17) is 0 Å². The van der Waals surface area contributed by atoms with Crippen molar-refractivity contribution in [3.63, 3.8) is 0 Å². The first-order valence-corrected chi connectivity index (χ1v) is 7.67. The van der Waals surface area contributed by atoms with Crippen LogP contribution >= 0.6 is 0 Å². The van der Waals surface area contributed by atoms with Crippen LogP contribution in [0.2, 0.25) is 0 Å². The monoisotopic (exact) mass is 286 g/mol. The number of carbonyl (C=O) groups is 1. The van der Waals surface area contributed by atoms with Crippen LogP contribution in [0.3, 0.4) is 0 Å². The van der Waals surface area contributed by atoms with Crippen molar-refractivity contribution in [3.05, 3.63) is 0 Å². The minimum atomic E-state index is -1.14. The third-order valence-corrected chi connectivity index (χ3v) is 3.94. The maximum atomic E-state index is 10.7. The van der Waals surface area contributed by atoms with Crippen LogP contribution in [0.5, 0.6) is 0 Å². The topological polar surface area (TPSA) is 81.9 Å². The molecule has 5 nitrogen and oxygen atoms in total. The molecule has 0 radical (unpaired) electrons. The quantitative estimate of drug-likeness (QED) is 0.223. The molecule has 0 aliphatic rings. The highest BCUT2D eigenvalue weighted by molar-refractivity contribution is 5.93. The zero-order valence-electron chi connectivity index (χ0n) is 13.1. The van der Waals surface area contributed by atoms with Gasteiger partial charge in [0, 0.05) is 0 Å². The largest absolute Gasteiger partial charge is 0.390 e.